The molecular formula is C16H16N4O3S. The van der Waals surface area contributed by atoms with E-state index >= 15 is 0 Å². The number of hydrazone groups is 1. The molecule has 1 atom stereocenters. The number of anilines is 1. The number of hydrogen-bond donors (Lipinski definition) is 2. The quantitative estimate of drug-likeness (QED) is 0.502. The highest BCUT2D eigenvalue weighted by atomic mass is 32.1. The fourth-order valence-corrected chi connectivity index (χ4v) is 3.18. The van der Waals surface area contributed by atoms with E-state index in [-0.39, 0.29) is 11.9 Å². The Morgan fingerprint density at radius 3 is 2.92 bits per heavy atom. The van der Waals surface area contributed by atoms with Crippen molar-refractivity contribution >= 4 is 34.1 Å². The molecule has 0 saturated carbocycles. The van der Waals surface area contributed by atoms with Crippen LogP contribution in [0.4, 0.5) is 5.13 Å². The maximum absolute atomic E-state index is 12.1. The van der Waals surface area contributed by atoms with Gasteiger partial charge in [-0.2, -0.15) is 5.10 Å². The highest BCUT2D eigenvalue weighted by molar-refractivity contribution is 7.17. The smallest absolute Gasteiger partial charge is 0.339 e. The van der Waals surface area contributed by atoms with Crippen molar-refractivity contribution in [3.05, 3.63) is 46.0 Å². The van der Waals surface area contributed by atoms with Gasteiger partial charge in [0.15, 0.2) is 5.13 Å². The lowest BCUT2D eigenvalue weighted by atomic mass is 9.97. The highest BCUT2D eigenvalue weighted by Crippen LogP contribution is 2.22. The number of esters is 1. The molecule has 0 aliphatic carbocycles. The Kier molecular flexibility index (Phi) is 4.30. The molecule has 0 fully saturated rings. The Hall–Kier alpha value is -2.74. The summed E-state index contributed by atoms with van der Waals surface area (Å²) < 4.78 is 5.39. The summed E-state index contributed by atoms with van der Waals surface area (Å²) in [5.41, 5.74) is 10.6. The number of benzene rings is 1. The largest absolute Gasteiger partial charge is 0.452 e. The Labute approximate surface area is 142 Å². The van der Waals surface area contributed by atoms with Crippen LogP contribution in [0.1, 0.15) is 38.2 Å². The van der Waals surface area contributed by atoms with Crippen LogP contribution in [0, 0.1) is 6.92 Å². The second kappa shape index (κ2) is 6.40. The molecule has 2 aromatic rings. The summed E-state index contributed by atoms with van der Waals surface area (Å²) in [4.78, 5) is 28.6. The zero-order valence-electron chi connectivity index (χ0n) is 13.2. The van der Waals surface area contributed by atoms with Crippen LogP contribution in [0.5, 0.6) is 0 Å². The summed E-state index contributed by atoms with van der Waals surface area (Å²) >= 11 is 1.10. The minimum atomic E-state index is -0.500. The van der Waals surface area contributed by atoms with Crippen LogP contribution in [0.3, 0.4) is 0 Å². The third kappa shape index (κ3) is 3.13. The number of carbonyl (C=O) groups excluding carboxylic acids is 2. The molecule has 3 rings (SSSR count). The number of carbonyl (C=O) groups is 2. The predicted molar refractivity (Wildman–Crippen MR) is 91.2 cm³/mol. The summed E-state index contributed by atoms with van der Waals surface area (Å²) in [7, 11) is 0. The lowest BCUT2D eigenvalue weighted by Crippen LogP contribution is -2.34. The van der Waals surface area contributed by atoms with Crippen LogP contribution in [0.2, 0.25) is 0 Å². The lowest BCUT2D eigenvalue weighted by molar-refractivity contribution is 0.0389. The molecule has 1 aromatic heterocycles. The van der Waals surface area contributed by atoms with Gasteiger partial charge in [0.05, 0.1) is 17.0 Å². The molecule has 0 radical (unpaired) electrons. The summed E-state index contributed by atoms with van der Waals surface area (Å²) in [5, 5.41) is 4.39. The number of thiazole rings is 1. The number of rotatable bonds is 3. The van der Waals surface area contributed by atoms with E-state index in [0.717, 1.165) is 16.9 Å². The molecule has 24 heavy (non-hydrogen) atoms. The SMILES string of the molecule is C/C(=N\NC(=O)c1sc(N)nc1C)C1Cc2ccccc2C(=O)O1. The monoisotopic (exact) mass is 344 g/mol. The number of amides is 1. The van der Waals surface area contributed by atoms with Crippen molar-refractivity contribution in [2.24, 2.45) is 5.10 Å². The third-order valence-corrected chi connectivity index (χ3v) is 4.70. The summed E-state index contributed by atoms with van der Waals surface area (Å²) in [6.45, 7) is 3.41. The maximum atomic E-state index is 12.1. The molecule has 2 heterocycles. The van der Waals surface area contributed by atoms with Crippen molar-refractivity contribution in [3.8, 4) is 0 Å². The molecule has 0 bridgehead atoms. The highest BCUT2D eigenvalue weighted by Gasteiger charge is 2.28. The van der Waals surface area contributed by atoms with Crippen LogP contribution in [-0.2, 0) is 11.2 Å². The first-order chi connectivity index (χ1) is 11.5. The Bertz CT molecular complexity index is 844. The van der Waals surface area contributed by atoms with E-state index in [0.29, 0.717) is 33.4 Å². The number of nitrogens with one attached hydrogen (secondary N) is 1. The van der Waals surface area contributed by atoms with Crippen LogP contribution in [-0.4, -0.2) is 28.7 Å². The van der Waals surface area contributed by atoms with Gasteiger partial charge in [0.2, 0.25) is 0 Å². The molecular weight excluding hydrogens is 328 g/mol. The summed E-state index contributed by atoms with van der Waals surface area (Å²) in [6, 6.07) is 7.29. The first-order valence-electron chi connectivity index (χ1n) is 7.32. The topological polar surface area (TPSA) is 107 Å². The van der Waals surface area contributed by atoms with Gasteiger partial charge < -0.3 is 10.5 Å². The van der Waals surface area contributed by atoms with Gasteiger partial charge >= 0.3 is 5.97 Å². The second-order valence-electron chi connectivity index (χ2n) is 5.42. The van der Waals surface area contributed by atoms with E-state index in [1.807, 2.05) is 12.1 Å². The van der Waals surface area contributed by atoms with Gasteiger partial charge in [-0.05, 0) is 25.5 Å². The average Bonchev–Trinajstić information content (AvgIpc) is 2.90. The van der Waals surface area contributed by atoms with Crippen molar-refractivity contribution < 1.29 is 14.3 Å². The Morgan fingerprint density at radius 1 is 1.46 bits per heavy atom. The molecule has 1 aliphatic rings. The van der Waals surface area contributed by atoms with Crippen molar-refractivity contribution in [2.75, 3.05) is 5.73 Å². The van der Waals surface area contributed by atoms with E-state index in [1.54, 1.807) is 26.0 Å². The van der Waals surface area contributed by atoms with Crippen molar-refractivity contribution in [1.82, 2.24) is 10.4 Å². The summed E-state index contributed by atoms with van der Waals surface area (Å²) in [5.74, 6) is -0.766. The van der Waals surface area contributed by atoms with Crippen molar-refractivity contribution in [1.29, 1.82) is 0 Å². The van der Waals surface area contributed by atoms with Crippen molar-refractivity contribution in [3.63, 3.8) is 0 Å². The molecule has 1 amide bonds. The maximum Gasteiger partial charge on any atom is 0.339 e. The van der Waals surface area contributed by atoms with Gasteiger partial charge in [-0.25, -0.2) is 15.2 Å². The van der Waals surface area contributed by atoms with Gasteiger partial charge in [-0.15, -0.1) is 0 Å². The molecule has 7 nitrogen and oxygen atoms in total. The molecule has 0 spiro atoms. The van der Waals surface area contributed by atoms with Crippen LogP contribution in [0.25, 0.3) is 0 Å². The van der Waals surface area contributed by atoms with Crippen LogP contribution in [0.15, 0.2) is 29.4 Å². The van der Waals surface area contributed by atoms with Gasteiger partial charge in [0.25, 0.3) is 5.91 Å². The minimum absolute atomic E-state index is 0.330. The van der Waals surface area contributed by atoms with Gasteiger partial charge in [-0.1, -0.05) is 29.5 Å². The first-order valence-corrected chi connectivity index (χ1v) is 8.13. The number of cyclic esters (lactones) is 1. The van der Waals surface area contributed by atoms with E-state index < -0.39 is 6.10 Å². The first kappa shape index (κ1) is 16.1. The van der Waals surface area contributed by atoms with E-state index in [1.165, 1.54) is 0 Å². The molecule has 1 aliphatic heterocycles. The number of nitrogen functional groups attached to an aromatic ring is 1. The predicted octanol–water partition coefficient (Wildman–Crippen LogP) is 1.92. The summed E-state index contributed by atoms with van der Waals surface area (Å²) in [6.07, 6.45) is 0.0277. The number of ether oxygens (including phenoxy) is 1. The number of fused-ring (bicyclic) bond motifs is 1. The third-order valence-electron chi connectivity index (χ3n) is 3.71. The van der Waals surface area contributed by atoms with Crippen LogP contribution < -0.4 is 11.2 Å². The normalized spacial score (nSPS) is 17.2. The number of aromatic nitrogens is 1. The van der Waals surface area contributed by atoms with E-state index in [2.05, 4.69) is 15.5 Å². The fourth-order valence-electron chi connectivity index (χ4n) is 2.45. The second-order valence-corrected chi connectivity index (χ2v) is 6.45. The Morgan fingerprint density at radius 2 is 2.21 bits per heavy atom. The van der Waals surface area contributed by atoms with Crippen molar-refractivity contribution in [2.45, 2.75) is 26.4 Å². The molecule has 124 valence electrons. The molecule has 1 unspecified atom stereocenters. The number of hydrogen-bond acceptors (Lipinski definition) is 7. The molecule has 0 saturated heterocycles. The van der Waals surface area contributed by atoms with E-state index in [4.69, 9.17) is 10.5 Å². The zero-order chi connectivity index (χ0) is 17.3. The fraction of sp³-hybridized carbons (Fsp3) is 0.250. The van der Waals surface area contributed by atoms with Gasteiger partial charge in [-0.3, -0.25) is 4.79 Å². The molecule has 3 N–H and O–H groups in total. The van der Waals surface area contributed by atoms with Crippen LogP contribution >= 0.6 is 11.3 Å². The lowest BCUT2D eigenvalue weighted by Gasteiger charge is -2.24. The number of nitrogens with zero attached hydrogens (tertiary/aromatic N) is 2. The van der Waals surface area contributed by atoms with Gasteiger partial charge in [0, 0.05) is 6.42 Å². The minimum Gasteiger partial charge on any atom is -0.452 e. The zero-order valence-corrected chi connectivity index (χ0v) is 14.0. The molecule has 8 heteroatoms. The number of nitrogens with two attached hydrogens (primary N) is 1. The average molecular weight is 344 g/mol. The van der Waals surface area contributed by atoms with Gasteiger partial charge in [0.1, 0.15) is 11.0 Å². The Balaban J connectivity index is 1.72. The number of aryl methyl sites for hydroxylation is 1. The van der Waals surface area contributed by atoms with E-state index in [9.17, 15) is 9.59 Å². The molecule has 1 aromatic carbocycles. The standard InChI is InChI=1S/C16H16N4O3S/c1-8(19-20-14(21)13-9(2)18-16(17)24-13)12-7-10-5-3-4-6-11(10)15(22)23-12/h3-6,12H,7H2,1-2H3,(H2,17,18)(H,20,21)/b19-8+.